The first-order valence-electron chi connectivity index (χ1n) is 9.34. The summed E-state index contributed by atoms with van der Waals surface area (Å²) >= 11 is 4.39. The van der Waals surface area contributed by atoms with E-state index in [4.69, 9.17) is 25.6 Å². The minimum atomic E-state index is -1.31. The first-order chi connectivity index (χ1) is 12.7. The third kappa shape index (κ3) is 5.77. The lowest BCUT2D eigenvalue weighted by Gasteiger charge is -2.32. The molecule has 1 heterocycles. The normalized spacial score (nSPS) is 20.9. The van der Waals surface area contributed by atoms with Crippen molar-refractivity contribution in [3.63, 3.8) is 0 Å². The quantitative estimate of drug-likeness (QED) is 0.513. The number of benzene rings is 1. The Balaban J connectivity index is 2.07. The lowest BCUT2D eigenvalue weighted by Crippen LogP contribution is -2.52. The molecule has 1 aromatic carbocycles. The minimum absolute atomic E-state index is 0.0460. The van der Waals surface area contributed by atoms with Crippen molar-refractivity contribution in [2.24, 2.45) is 0 Å². The average molecular weight is 434 g/mol. The van der Waals surface area contributed by atoms with Crippen LogP contribution in [0.2, 0.25) is 5.02 Å². The highest BCUT2D eigenvalue weighted by Crippen LogP contribution is 2.38. The van der Waals surface area contributed by atoms with Gasteiger partial charge in [0.15, 0.2) is 0 Å². The summed E-state index contributed by atoms with van der Waals surface area (Å²) in [5, 5.41) is 0.0460. The van der Waals surface area contributed by atoms with Crippen LogP contribution in [0.3, 0.4) is 0 Å². The fraction of sp³-hybridized carbons (Fsp3) is 0.684. The number of rotatable bonds is 7. The summed E-state index contributed by atoms with van der Waals surface area (Å²) in [4.78, 5) is 0. The Labute approximate surface area is 176 Å². The van der Waals surface area contributed by atoms with E-state index in [2.05, 4.69) is 4.72 Å². The molecule has 0 radical (unpaired) electrons. The first-order valence-corrected chi connectivity index (χ1v) is 10.9. The second-order valence-electron chi connectivity index (χ2n) is 8.94. The van der Waals surface area contributed by atoms with Crippen LogP contribution in [0.5, 0.6) is 5.75 Å². The van der Waals surface area contributed by atoms with Gasteiger partial charge in [-0.3, -0.25) is 0 Å². The molecule has 28 heavy (non-hydrogen) atoms. The molecule has 0 aliphatic carbocycles. The van der Waals surface area contributed by atoms with Gasteiger partial charge in [0.05, 0.1) is 28.8 Å². The van der Waals surface area contributed by atoms with Crippen LogP contribution in [0.15, 0.2) is 18.2 Å². The zero-order valence-electron chi connectivity index (χ0n) is 17.6. The Hall–Kier alpha value is -0.505. The Morgan fingerprint density at radius 1 is 1.25 bits per heavy atom. The molecule has 5 nitrogen and oxygen atoms in total. The van der Waals surface area contributed by atoms with Gasteiger partial charge in [-0.1, -0.05) is 11.6 Å². The van der Waals surface area contributed by atoms with Crippen LogP contribution < -0.4 is 9.46 Å². The summed E-state index contributed by atoms with van der Waals surface area (Å²) in [7, 11) is -0.582. The van der Waals surface area contributed by atoms with Crippen molar-refractivity contribution in [1.29, 1.82) is 0 Å². The fourth-order valence-corrected chi connectivity index (χ4v) is 3.46. The van der Waals surface area contributed by atoms with E-state index < -0.39 is 40.2 Å². The molecular formula is C19H30BClFNO4S. The summed E-state index contributed by atoms with van der Waals surface area (Å²) in [6, 6.07) is 4.30. The lowest BCUT2D eigenvalue weighted by molar-refractivity contribution is 0.00578. The monoisotopic (exact) mass is 433 g/mol. The fourth-order valence-electron chi connectivity index (χ4n) is 2.49. The molecule has 0 aromatic heterocycles. The van der Waals surface area contributed by atoms with Crippen molar-refractivity contribution in [3.8, 4) is 5.75 Å². The number of ether oxygens (including phenoxy) is 1. The average Bonchev–Trinajstić information content (AvgIpc) is 2.76. The van der Waals surface area contributed by atoms with Crippen molar-refractivity contribution in [1.82, 2.24) is 4.72 Å². The van der Waals surface area contributed by atoms with E-state index in [1.165, 1.54) is 12.1 Å². The molecule has 2 atom stereocenters. The second kappa shape index (κ2) is 8.70. The SMILES string of the molecule is CC(C)(C)[S@+]([O-])NC(CCOc1ccc(Cl)c(F)c1)B1OC(C)(C)C(C)(C)O1. The van der Waals surface area contributed by atoms with Crippen LogP contribution in [-0.4, -0.2) is 40.2 Å². The molecule has 1 unspecified atom stereocenters. The van der Waals surface area contributed by atoms with Gasteiger partial charge < -0.3 is 18.6 Å². The predicted octanol–water partition coefficient (Wildman–Crippen LogP) is 4.30. The highest BCUT2D eigenvalue weighted by Gasteiger charge is 2.55. The van der Waals surface area contributed by atoms with E-state index in [-0.39, 0.29) is 17.6 Å². The van der Waals surface area contributed by atoms with Gasteiger partial charge in [0.1, 0.15) is 16.3 Å². The summed E-state index contributed by atoms with van der Waals surface area (Å²) < 4.78 is 46.8. The van der Waals surface area contributed by atoms with Crippen molar-refractivity contribution in [2.45, 2.75) is 76.8 Å². The van der Waals surface area contributed by atoms with Crippen molar-refractivity contribution < 1.29 is 23.0 Å². The molecular weight excluding hydrogens is 404 g/mol. The molecule has 2 rings (SSSR count). The largest absolute Gasteiger partial charge is 0.598 e. The van der Waals surface area contributed by atoms with Gasteiger partial charge in [-0.05, 0) is 67.0 Å². The summed E-state index contributed by atoms with van der Waals surface area (Å²) in [6.07, 6.45) is 0.461. The Bertz CT molecular complexity index is 670. The molecule has 0 amide bonds. The van der Waals surface area contributed by atoms with Gasteiger partial charge in [0.2, 0.25) is 0 Å². The van der Waals surface area contributed by atoms with E-state index in [9.17, 15) is 8.94 Å². The summed E-state index contributed by atoms with van der Waals surface area (Å²) in [6.45, 7) is 13.8. The van der Waals surface area contributed by atoms with Gasteiger partial charge in [0, 0.05) is 17.4 Å². The topological polar surface area (TPSA) is 62.8 Å². The molecule has 1 aliphatic rings. The zero-order valence-corrected chi connectivity index (χ0v) is 19.2. The van der Waals surface area contributed by atoms with Crippen molar-refractivity contribution >= 4 is 30.1 Å². The van der Waals surface area contributed by atoms with E-state index in [1.54, 1.807) is 6.07 Å². The van der Waals surface area contributed by atoms with E-state index in [1.807, 2.05) is 48.5 Å². The van der Waals surface area contributed by atoms with Gasteiger partial charge in [-0.15, -0.1) is 4.72 Å². The smallest absolute Gasteiger partial charge is 0.480 e. The standard InChI is InChI=1S/C19H30BClFNO4S/c1-17(2,3)28(24)23-16(20-26-18(4,5)19(6,7)27-20)10-11-25-13-8-9-14(21)15(22)12-13/h8-9,12,16,23H,10-11H2,1-7H3/t16?,28-/m0/s1. The van der Waals surface area contributed by atoms with Gasteiger partial charge in [-0.25, -0.2) is 4.39 Å². The molecule has 0 saturated carbocycles. The summed E-state index contributed by atoms with van der Waals surface area (Å²) in [5.74, 6) is -0.515. The highest BCUT2D eigenvalue weighted by molar-refractivity contribution is 7.90. The number of hydrogen-bond acceptors (Lipinski definition) is 5. The third-order valence-electron chi connectivity index (χ3n) is 5.00. The molecule has 1 aromatic rings. The maximum atomic E-state index is 13.6. The number of nitrogens with one attached hydrogen (secondary N) is 1. The van der Waals surface area contributed by atoms with Gasteiger partial charge in [-0.2, -0.15) is 0 Å². The van der Waals surface area contributed by atoms with Crippen LogP contribution in [0, 0.1) is 5.82 Å². The Kier molecular flexibility index (Phi) is 7.38. The predicted molar refractivity (Wildman–Crippen MR) is 112 cm³/mol. The third-order valence-corrected chi connectivity index (χ3v) is 6.94. The van der Waals surface area contributed by atoms with Crippen LogP contribution in [0.4, 0.5) is 4.39 Å². The van der Waals surface area contributed by atoms with Crippen LogP contribution >= 0.6 is 11.6 Å². The molecule has 1 N–H and O–H groups in total. The summed E-state index contributed by atoms with van der Waals surface area (Å²) in [5.41, 5.74) is -0.998. The molecule has 0 spiro atoms. The lowest BCUT2D eigenvalue weighted by atomic mass is 9.77. The highest BCUT2D eigenvalue weighted by atomic mass is 35.5. The van der Waals surface area contributed by atoms with Crippen molar-refractivity contribution in [3.05, 3.63) is 29.0 Å². The van der Waals surface area contributed by atoms with Crippen LogP contribution in [-0.2, 0) is 20.7 Å². The number of halogens is 2. The number of hydrogen-bond donors (Lipinski definition) is 1. The van der Waals surface area contributed by atoms with Crippen LogP contribution in [0.1, 0.15) is 54.9 Å². The molecule has 9 heteroatoms. The molecule has 1 aliphatic heterocycles. The van der Waals surface area contributed by atoms with Gasteiger partial charge in [0.25, 0.3) is 0 Å². The van der Waals surface area contributed by atoms with Gasteiger partial charge >= 0.3 is 7.12 Å². The van der Waals surface area contributed by atoms with E-state index >= 15 is 0 Å². The molecule has 0 bridgehead atoms. The van der Waals surface area contributed by atoms with E-state index in [0.717, 1.165) is 0 Å². The molecule has 158 valence electrons. The van der Waals surface area contributed by atoms with Crippen molar-refractivity contribution in [2.75, 3.05) is 6.61 Å². The maximum absolute atomic E-state index is 13.6. The Morgan fingerprint density at radius 3 is 2.32 bits per heavy atom. The molecule has 1 saturated heterocycles. The molecule has 1 fully saturated rings. The zero-order chi connectivity index (χ0) is 21.3. The minimum Gasteiger partial charge on any atom is -0.598 e. The van der Waals surface area contributed by atoms with E-state index in [0.29, 0.717) is 12.2 Å². The second-order valence-corrected chi connectivity index (χ2v) is 11.3. The maximum Gasteiger partial charge on any atom is 0.480 e. The first kappa shape index (κ1) is 23.8. The van der Waals surface area contributed by atoms with Crippen LogP contribution in [0.25, 0.3) is 0 Å². The Morgan fingerprint density at radius 2 is 1.82 bits per heavy atom.